The Morgan fingerprint density at radius 2 is 2.42 bits per heavy atom. The Hall–Kier alpha value is -0.980. The summed E-state index contributed by atoms with van der Waals surface area (Å²) in [7, 11) is 0. The molecule has 0 aromatic heterocycles. The van der Waals surface area contributed by atoms with Crippen LogP contribution in [0.2, 0.25) is 0 Å². The van der Waals surface area contributed by atoms with E-state index in [-0.39, 0.29) is 0 Å². The van der Waals surface area contributed by atoms with Gasteiger partial charge in [0, 0.05) is 17.8 Å². The fourth-order valence-electron chi connectivity index (χ4n) is 2.03. The van der Waals surface area contributed by atoms with Crippen LogP contribution in [-0.2, 0) is 0 Å². The Morgan fingerprint density at radius 3 is 3.17 bits per heavy atom. The fraction of sp³-hybridized carbons (Fsp3) is 0.455. The summed E-state index contributed by atoms with van der Waals surface area (Å²) >= 11 is 0. The largest absolute Gasteiger partial charge is 0.364 e. The molecule has 64 valence electrons. The quantitative estimate of drug-likeness (QED) is 0.623. The van der Waals surface area contributed by atoms with Gasteiger partial charge < -0.3 is 5.32 Å². The number of rotatable bonds is 1. The average molecular weight is 161 g/mol. The summed E-state index contributed by atoms with van der Waals surface area (Å²) in [5.41, 5.74) is 4.37. The highest BCUT2D eigenvalue weighted by atomic mass is 14.9. The third kappa shape index (κ3) is 1.01. The summed E-state index contributed by atoms with van der Waals surface area (Å²) in [5.74, 6) is 0.667. The highest BCUT2D eigenvalue weighted by molar-refractivity contribution is 5.39. The van der Waals surface area contributed by atoms with Crippen LogP contribution in [0.3, 0.4) is 0 Å². The van der Waals surface area contributed by atoms with Crippen LogP contribution >= 0.6 is 0 Å². The minimum atomic E-state index is 0.667. The molecule has 0 aromatic rings. The number of fused-ring (bicyclic) bond motifs is 1. The van der Waals surface area contributed by atoms with Gasteiger partial charge in [0.1, 0.15) is 0 Å². The second-order valence-electron chi connectivity index (χ2n) is 3.50. The Kier molecular flexibility index (Phi) is 1.80. The van der Waals surface area contributed by atoms with Crippen molar-refractivity contribution >= 4 is 0 Å². The summed E-state index contributed by atoms with van der Waals surface area (Å²) < 4.78 is 0. The van der Waals surface area contributed by atoms with Crippen LogP contribution in [0.15, 0.2) is 35.2 Å². The summed E-state index contributed by atoms with van der Waals surface area (Å²) in [4.78, 5) is 0. The van der Waals surface area contributed by atoms with Gasteiger partial charge in [-0.05, 0) is 30.9 Å². The second-order valence-corrected chi connectivity index (χ2v) is 3.50. The summed E-state index contributed by atoms with van der Waals surface area (Å²) in [6, 6.07) is 0. The van der Waals surface area contributed by atoms with Crippen LogP contribution in [0.25, 0.3) is 0 Å². The monoisotopic (exact) mass is 161 g/mol. The molecule has 1 heteroatoms. The van der Waals surface area contributed by atoms with E-state index in [1.165, 1.54) is 24.1 Å². The zero-order valence-electron chi connectivity index (χ0n) is 7.72. The van der Waals surface area contributed by atoms with Crippen molar-refractivity contribution in [2.45, 2.75) is 26.7 Å². The van der Waals surface area contributed by atoms with Gasteiger partial charge in [-0.25, -0.2) is 0 Å². The molecule has 1 nitrogen and oxygen atoms in total. The molecule has 2 rings (SSSR count). The minimum Gasteiger partial charge on any atom is -0.364 e. The smallest absolute Gasteiger partial charge is 0.0254 e. The molecule has 2 aliphatic rings. The molecule has 0 saturated heterocycles. The van der Waals surface area contributed by atoms with Gasteiger partial charge in [-0.1, -0.05) is 19.1 Å². The van der Waals surface area contributed by atoms with Crippen molar-refractivity contribution in [3.05, 3.63) is 35.2 Å². The van der Waals surface area contributed by atoms with Gasteiger partial charge in [-0.15, -0.1) is 0 Å². The molecule has 1 N–H and O–H groups in total. The summed E-state index contributed by atoms with van der Waals surface area (Å²) in [6.07, 6.45) is 9.02. The standard InChI is InChI=1S/C11H15N/c1-3-9-7-12-11-8(2)5-4-6-10(9)11/h4-5,7,10,12H,3,6H2,1-2H3. The van der Waals surface area contributed by atoms with Crippen LogP contribution in [0.4, 0.5) is 0 Å². The second kappa shape index (κ2) is 2.81. The Bertz CT molecular complexity index is 281. The van der Waals surface area contributed by atoms with Crippen LogP contribution in [0.1, 0.15) is 26.7 Å². The first-order chi connectivity index (χ1) is 5.83. The topological polar surface area (TPSA) is 12.0 Å². The van der Waals surface area contributed by atoms with Crippen molar-refractivity contribution in [3.63, 3.8) is 0 Å². The first-order valence-corrected chi connectivity index (χ1v) is 4.65. The fourth-order valence-corrected chi connectivity index (χ4v) is 2.03. The van der Waals surface area contributed by atoms with Gasteiger partial charge in [0.25, 0.3) is 0 Å². The lowest BCUT2D eigenvalue weighted by Crippen LogP contribution is -2.12. The van der Waals surface area contributed by atoms with Crippen LogP contribution in [0.5, 0.6) is 0 Å². The predicted octanol–water partition coefficient (Wildman–Crippen LogP) is 2.73. The molecular weight excluding hydrogens is 146 g/mol. The Balaban J connectivity index is 2.30. The lowest BCUT2D eigenvalue weighted by molar-refractivity contribution is 0.689. The van der Waals surface area contributed by atoms with Crippen molar-refractivity contribution in [1.82, 2.24) is 5.32 Å². The highest BCUT2D eigenvalue weighted by Crippen LogP contribution is 2.34. The van der Waals surface area contributed by atoms with Crippen LogP contribution in [-0.4, -0.2) is 0 Å². The van der Waals surface area contributed by atoms with Crippen molar-refractivity contribution in [2.75, 3.05) is 0 Å². The average Bonchev–Trinajstić information content (AvgIpc) is 2.49. The van der Waals surface area contributed by atoms with Crippen molar-refractivity contribution < 1.29 is 0 Å². The third-order valence-corrected chi connectivity index (χ3v) is 2.78. The maximum Gasteiger partial charge on any atom is 0.0254 e. The molecular formula is C11H15N. The van der Waals surface area contributed by atoms with Crippen LogP contribution < -0.4 is 5.32 Å². The van der Waals surface area contributed by atoms with Crippen molar-refractivity contribution in [1.29, 1.82) is 0 Å². The zero-order valence-corrected chi connectivity index (χ0v) is 7.72. The van der Waals surface area contributed by atoms with E-state index in [2.05, 4.69) is 37.5 Å². The van der Waals surface area contributed by atoms with E-state index < -0.39 is 0 Å². The van der Waals surface area contributed by atoms with Gasteiger partial charge in [-0.3, -0.25) is 0 Å². The lowest BCUT2D eigenvalue weighted by Gasteiger charge is -2.18. The molecule has 1 heterocycles. The van der Waals surface area contributed by atoms with E-state index in [9.17, 15) is 0 Å². The van der Waals surface area contributed by atoms with E-state index in [0.717, 1.165) is 0 Å². The number of hydrogen-bond acceptors (Lipinski definition) is 1. The zero-order chi connectivity index (χ0) is 8.55. The first-order valence-electron chi connectivity index (χ1n) is 4.65. The minimum absolute atomic E-state index is 0.667. The summed E-state index contributed by atoms with van der Waals surface area (Å²) in [5, 5.41) is 3.38. The van der Waals surface area contributed by atoms with E-state index in [4.69, 9.17) is 0 Å². The van der Waals surface area contributed by atoms with E-state index in [1.54, 1.807) is 5.57 Å². The van der Waals surface area contributed by atoms with E-state index in [0.29, 0.717) is 5.92 Å². The van der Waals surface area contributed by atoms with Gasteiger partial charge in [-0.2, -0.15) is 0 Å². The molecule has 0 aromatic carbocycles. The molecule has 0 fully saturated rings. The van der Waals surface area contributed by atoms with Crippen molar-refractivity contribution in [2.24, 2.45) is 5.92 Å². The lowest BCUT2D eigenvalue weighted by atomic mass is 9.88. The maximum atomic E-state index is 3.38. The Labute approximate surface area is 73.9 Å². The van der Waals surface area contributed by atoms with Gasteiger partial charge in [0.05, 0.1) is 0 Å². The summed E-state index contributed by atoms with van der Waals surface area (Å²) in [6.45, 7) is 4.40. The molecule has 0 spiro atoms. The molecule has 0 bridgehead atoms. The normalized spacial score (nSPS) is 26.8. The Morgan fingerprint density at radius 1 is 1.58 bits per heavy atom. The molecule has 0 amide bonds. The van der Waals surface area contributed by atoms with Gasteiger partial charge in [0.15, 0.2) is 0 Å². The third-order valence-electron chi connectivity index (χ3n) is 2.78. The molecule has 1 aliphatic carbocycles. The van der Waals surface area contributed by atoms with Crippen LogP contribution in [0, 0.1) is 5.92 Å². The number of nitrogens with one attached hydrogen (secondary N) is 1. The SMILES string of the molecule is CCC1=CNC2=C(C)C=CCC12. The highest BCUT2D eigenvalue weighted by Gasteiger charge is 2.24. The molecule has 12 heavy (non-hydrogen) atoms. The first kappa shape index (κ1) is 7.66. The predicted molar refractivity (Wildman–Crippen MR) is 51.5 cm³/mol. The number of allylic oxidation sites excluding steroid dienone is 4. The molecule has 0 radical (unpaired) electrons. The number of hydrogen-bond donors (Lipinski definition) is 1. The molecule has 1 unspecified atom stereocenters. The van der Waals surface area contributed by atoms with E-state index in [1.807, 2.05) is 0 Å². The van der Waals surface area contributed by atoms with E-state index >= 15 is 0 Å². The molecule has 1 atom stereocenters. The van der Waals surface area contributed by atoms with Gasteiger partial charge >= 0.3 is 0 Å². The van der Waals surface area contributed by atoms with Gasteiger partial charge in [0.2, 0.25) is 0 Å². The maximum absolute atomic E-state index is 3.38. The molecule has 0 saturated carbocycles. The van der Waals surface area contributed by atoms with Crippen molar-refractivity contribution in [3.8, 4) is 0 Å². The molecule has 1 aliphatic heterocycles.